The van der Waals surface area contributed by atoms with Crippen LogP contribution in [0.3, 0.4) is 0 Å². The Morgan fingerprint density at radius 1 is 1.50 bits per heavy atom. The molecule has 0 atom stereocenters. The molecule has 0 bridgehead atoms. The lowest BCUT2D eigenvalue weighted by atomic mass is 10.1. The van der Waals surface area contributed by atoms with Crippen LogP contribution in [0.2, 0.25) is 0 Å². The fourth-order valence-electron chi connectivity index (χ4n) is 1.50. The molecule has 0 amide bonds. The Balaban J connectivity index is 3.11. The first kappa shape index (κ1) is 12.4. The zero-order valence-electron chi connectivity index (χ0n) is 8.90. The number of aliphatic hydroxyl groups is 1. The van der Waals surface area contributed by atoms with Crippen molar-refractivity contribution >= 4 is 12.0 Å². The van der Waals surface area contributed by atoms with Crippen LogP contribution in [0.5, 0.6) is 0 Å². The van der Waals surface area contributed by atoms with Gasteiger partial charge in [-0.2, -0.15) is 0 Å². The number of carbonyl (C=O) groups is 1. The van der Waals surface area contributed by atoms with Crippen molar-refractivity contribution in [3.63, 3.8) is 0 Å². The van der Waals surface area contributed by atoms with Gasteiger partial charge in [0, 0.05) is 13.1 Å². The smallest absolute Gasteiger partial charge is 0.155 e. The third-order valence-corrected chi connectivity index (χ3v) is 2.21. The van der Waals surface area contributed by atoms with Crippen LogP contribution in [0, 0.1) is 5.82 Å². The van der Waals surface area contributed by atoms with E-state index in [1.807, 2.05) is 0 Å². The Kier molecular flexibility index (Phi) is 4.66. The maximum absolute atomic E-state index is 13.3. The summed E-state index contributed by atoms with van der Waals surface area (Å²) in [5.41, 5.74) is 0.488. The van der Waals surface area contributed by atoms with Gasteiger partial charge in [-0.3, -0.25) is 4.79 Å². The van der Waals surface area contributed by atoms with Crippen LogP contribution in [0.15, 0.2) is 30.9 Å². The first-order chi connectivity index (χ1) is 7.74. The van der Waals surface area contributed by atoms with E-state index in [9.17, 15) is 9.18 Å². The lowest BCUT2D eigenvalue weighted by Crippen LogP contribution is -2.27. The van der Waals surface area contributed by atoms with Gasteiger partial charge in [-0.1, -0.05) is 12.1 Å². The molecule has 0 radical (unpaired) electrons. The van der Waals surface area contributed by atoms with Gasteiger partial charge in [-0.25, -0.2) is 4.39 Å². The average Bonchev–Trinajstić information content (AvgIpc) is 2.28. The van der Waals surface area contributed by atoms with Crippen LogP contribution in [0.4, 0.5) is 10.1 Å². The van der Waals surface area contributed by atoms with Crippen LogP contribution in [0.25, 0.3) is 0 Å². The molecule has 86 valence electrons. The van der Waals surface area contributed by atoms with E-state index < -0.39 is 5.82 Å². The number of anilines is 1. The number of hydrogen-bond donors (Lipinski definition) is 1. The van der Waals surface area contributed by atoms with Crippen LogP contribution in [-0.4, -0.2) is 31.1 Å². The van der Waals surface area contributed by atoms with E-state index in [-0.39, 0.29) is 12.2 Å². The number of rotatable bonds is 6. The molecule has 0 saturated heterocycles. The molecule has 3 nitrogen and oxygen atoms in total. The normalized spacial score (nSPS) is 9.88. The number of aliphatic hydroxyl groups excluding tert-OH is 1. The van der Waals surface area contributed by atoms with Crippen LogP contribution in [0.1, 0.15) is 10.4 Å². The van der Waals surface area contributed by atoms with Gasteiger partial charge in [-0.15, -0.1) is 6.58 Å². The summed E-state index contributed by atoms with van der Waals surface area (Å²) in [7, 11) is 0. The fourth-order valence-corrected chi connectivity index (χ4v) is 1.50. The summed E-state index contributed by atoms with van der Waals surface area (Å²) in [6, 6.07) is 4.41. The van der Waals surface area contributed by atoms with Gasteiger partial charge in [0.2, 0.25) is 0 Å². The molecule has 0 aliphatic carbocycles. The highest BCUT2D eigenvalue weighted by atomic mass is 19.1. The van der Waals surface area contributed by atoms with Crippen molar-refractivity contribution in [2.75, 3.05) is 24.6 Å². The first-order valence-corrected chi connectivity index (χ1v) is 4.95. The number of hydrogen-bond acceptors (Lipinski definition) is 3. The van der Waals surface area contributed by atoms with Gasteiger partial charge in [0.25, 0.3) is 0 Å². The second kappa shape index (κ2) is 6.02. The topological polar surface area (TPSA) is 40.5 Å². The van der Waals surface area contributed by atoms with Crippen molar-refractivity contribution in [1.82, 2.24) is 0 Å². The monoisotopic (exact) mass is 223 g/mol. The standard InChI is InChI=1S/C12H14FNO2/c1-2-6-14(7-8-15)12-5-3-4-11(13)10(12)9-16/h2-5,9,15H,1,6-8H2. The summed E-state index contributed by atoms with van der Waals surface area (Å²) >= 11 is 0. The molecular formula is C12H14FNO2. The second-order valence-electron chi connectivity index (χ2n) is 3.25. The highest BCUT2D eigenvalue weighted by Crippen LogP contribution is 2.21. The quantitative estimate of drug-likeness (QED) is 0.588. The molecule has 0 spiro atoms. The zero-order valence-corrected chi connectivity index (χ0v) is 8.90. The molecule has 0 aliphatic rings. The summed E-state index contributed by atoms with van der Waals surface area (Å²) < 4.78 is 13.3. The number of halogens is 1. The Bertz CT molecular complexity index is 379. The Labute approximate surface area is 93.8 Å². The van der Waals surface area contributed by atoms with Gasteiger partial charge in [0.15, 0.2) is 6.29 Å². The maximum Gasteiger partial charge on any atom is 0.155 e. The molecule has 1 rings (SSSR count). The molecule has 1 aromatic carbocycles. The van der Waals surface area contributed by atoms with Crippen molar-refractivity contribution in [2.45, 2.75) is 0 Å². The van der Waals surface area contributed by atoms with E-state index in [1.54, 1.807) is 17.0 Å². The van der Waals surface area contributed by atoms with Crippen LogP contribution in [-0.2, 0) is 0 Å². The van der Waals surface area contributed by atoms with Gasteiger partial charge >= 0.3 is 0 Å². The molecule has 1 N–H and O–H groups in total. The van der Waals surface area contributed by atoms with Crippen LogP contribution >= 0.6 is 0 Å². The number of nitrogens with zero attached hydrogens (tertiary/aromatic N) is 1. The van der Waals surface area contributed by atoms with E-state index in [0.717, 1.165) is 0 Å². The maximum atomic E-state index is 13.3. The highest BCUT2D eigenvalue weighted by Gasteiger charge is 2.12. The highest BCUT2D eigenvalue weighted by molar-refractivity contribution is 5.85. The minimum absolute atomic E-state index is 0.0119. The van der Waals surface area contributed by atoms with Crippen molar-refractivity contribution in [1.29, 1.82) is 0 Å². The summed E-state index contributed by atoms with van der Waals surface area (Å²) in [5.74, 6) is -0.556. The van der Waals surface area contributed by atoms with Gasteiger partial charge in [0.1, 0.15) is 5.82 Å². The van der Waals surface area contributed by atoms with E-state index in [4.69, 9.17) is 5.11 Å². The second-order valence-corrected chi connectivity index (χ2v) is 3.25. The predicted octanol–water partition coefficient (Wildman–Crippen LogP) is 1.62. The molecule has 0 saturated carbocycles. The Morgan fingerprint density at radius 3 is 2.81 bits per heavy atom. The van der Waals surface area contributed by atoms with Gasteiger partial charge in [0.05, 0.1) is 17.9 Å². The summed E-state index contributed by atoms with van der Waals surface area (Å²) in [6.45, 7) is 4.29. The lowest BCUT2D eigenvalue weighted by molar-refractivity contribution is 0.112. The molecule has 4 heteroatoms. The predicted molar refractivity (Wildman–Crippen MR) is 61.3 cm³/mol. The largest absolute Gasteiger partial charge is 0.395 e. The van der Waals surface area contributed by atoms with Gasteiger partial charge < -0.3 is 10.0 Å². The van der Waals surface area contributed by atoms with Crippen molar-refractivity contribution in [2.24, 2.45) is 0 Å². The van der Waals surface area contributed by atoms with Crippen molar-refractivity contribution in [3.8, 4) is 0 Å². The lowest BCUT2D eigenvalue weighted by Gasteiger charge is -2.23. The van der Waals surface area contributed by atoms with E-state index in [0.29, 0.717) is 25.1 Å². The van der Waals surface area contributed by atoms with E-state index in [1.165, 1.54) is 12.1 Å². The van der Waals surface area contributed by atoms with Crippen molar-refractivity contribution in [3.05, 3.63) is 42.2 Å². The van der Waals surface area contributed by atoms with Crippen LogP contribution < -0.4 is 4.90 Å². The van der Waals surface area contributed by atoms with Crippen molar-refractivity contribution < 1.29 is 14.3 Å². The zero-order chi connectivity index (χ0) is 12.0. The van der Waals surface area contributed by atoms with E-state index in [2.05, 4.69) is 6.58 Å². The fraction of sp³-hybridized carbons (Fsp3) is 0.250. The molecule has 0 aromatic heterocycles. The summed E-state index contributed by atoms with van der Waals surface area (Å²) in [6.07, 6.45) is 2.12. The third-order valence-electron chi connectivity index (χ3n) is 2.21. The minimum Gasteiger partial charge on any atom is -0.395 e. The summed E-state index contributed by atoms with van der Waals surface area (Å²) in [4.78, 5) is 12.5. The molecular weight excluding hydrogens is 209 g/mol. The number of carbonyl (C=O) groups excluding carboxylic acids is 1. The Hall–Kier alpha value is -1.68. The van der Waals surface area contributed by atoms with E-state index >= 15 is 0 Å². The number of aldehydes is 1. The SMILES string of the molecule is C=CCN(CCO)c1cccc(F)c1C=O. The minimum atomic E-state index is -0.556. The Morgan fingerprint density at radius 2 is 2.25 bits per heavy atom. The molecule has 0 unspecified atom stereocenters. The number of benzene rings is 1. The average molecular weight is 223 g/mol. The molecule has 0 heterocycles. The molecule has 0 aliphatic heterocycles. The third kappa shape index (κ3) is 2.67. The molecule has 1 aromatic rings. The molecule has 0 fully saturated rings. The summed E-state index contributed by atoms with van der Waals surface area (Å²) in [5, 5.41) is 8.90. The first-order valence-electron chi connectivity index (χ1n) is 4.95. The molecule has 16 heavy (non-hydrogen) atoms. The van der Waals surface area contributed by atoms with Gasteiger partial charge in [-0.05, 0) is 12.1 Å².